The second kappa shape index (κ2) is 6.90. The molecule has 3 rings (SSSR count). The average Bonchev–Trinajstić information content (AvgIpc) is 2.65. The van der Waals surface area contributed by atoms with E-state index in [0.29, 0.717) is 18.2 Å². The Morgan fingerprint density at radius 3 is 2.56 bits per heavy atom. The molecule has 0 saturated heterocycles. The lowest BCUT2D eigenvalue weighted by molar-refractivity contribution is -0.387. The summed E-state index contributed by atoms with van der Waals surface area (Å²) in [6, 6.07) is 5.26. The number of carbonyl (C=O) groups excluding carboxylic acids is 1. The van der Waals surface area contributed by atoms with Crippen molar-refractivity contribution in [2.75, 3.05) is 13.7 Å². The predicted molar refractivity (Wildman–Crippen MR) is 89.1 cm³/mol. The van der Waals surface area contributed by atoms with Crippen LogP contribution in [0, 0.1) is 27.6 Å². The predicted octanol–water partition coefficient (Wildman–Crippen LogP) is 3.78. The van der Waals surface area contributed by atoms with Crippen LogP contribution in [0.4, 0.5) is 18.9 Å². The molecule has 2 aromatic carbocycles. The number of nitrogens with zero attached hydrogens (tertiary/aromatic N) is 2. The fourth-order valence-electron chi connectivity index (χ4n) is 3.25. The summed E-state index contributed by atoms with van der Waals surface area (Å²) in [4.78, 5) is 23.7. The third-order valence-electron chi connectivity index (χ3n) is 4.71. The first-order valence-electron chi connectivity index (χ1n) is 8.06. The van der Waals surface area contributed by atoms with Gasteiger partial charge in [-0.15, -0.1) is 0 Å². The largest absolute Gasteiger partial charge is 0.497 e. The van der Waals surface area contributed by atoms with E-state index >= 15 is 0 Å². The van der Waals surface area contributed by atoms with E-state index in [1.807, 2.05) is 6.07 Å². The minimum absolute atomic E-state index is 0.187. The van der Waals surface area contributed by atoms with E-state index in [-0.39, 0.29) is 6.54 Å². The first kappa shape index (κ1) is 18.7. The Hall–Kier alpha value is -3.10. The zero-order valence-corrected chi connectivity index (χ0v) is 14.5. The molecule has 27 heavy (non-hydrogen) atoms. The Kier molecular flexibility index (Phi) is 4.77. The number of hydrogen-bond acceptors (Lipinski definition) is 4. The summed E-state index contributed by atoms with van der Waals surface area (Å²) >= 11 is 0. The molecule has 142 valence electrons. The lowest BCUT2D eigenvalue weighted by atomic mass is 9.92. The van der Waals surface area contributed by atoms with Gasteiger partial charge in [0.2, 0.25) is 11.6 Å². The molecule has 0 N–H and O–H groups in total. The Labute approximate surface area is 152 Å². The van der Waals surface area contributed by atoms with Crippen molar-refractivity contribution in [3.63, 3.8) is 0 Å². The highest BCUT2D eigenvalue weighted by molar-refractivity contribution is 5.95. The molecule has 0 aromatic heterocycles. The average molecular weight is 380 g/mol. The molecule has 0 fully saturated rings. The van der Waals surface area contributed by atoms with Gasteiger partial charge in [-0.05, 0) is 36.6 Å². The van der Waals surface area contributed by atoms with Crippen molar-refractivity contribution in [3.8, 4) is 5.75 Å². The van der Waals surface area contributed by atoms with Crippen molar-refractivity contribution in [3.05, 3.63) is 68.5 Å². The zero-order chi connectivity index (χ0) is 19.9. The second-order valence-electron chi connectivity index (χ2n) is 6.13. The lowest BCUT2D eigenvalue weighted by Crippen LogP contribution is -2.39. The summed E-state index contributed by atoms with van der Waals surface area (Å²) in [5, 5.41) is 10.9. The minimum Gasteiger partial charge on any atom is -0.497 e. The van der Waals surface area contributed by atoms with Gasteiger partial charge in [0.15, 0.2) is 5.82 Å². The molecule has 9 heteroatoms. The van der Waals surface area contributed by atoms with Crippen molar-refractivity contribution in [1.29, 1.82) is 0 Å². The number of benzene rings is 2. The minimum atomic E-state index is -2.04. The van der Waals surface area contributed by atoms with Crippen LogP contribution >= 0.6 is 0 Å². The molecule has 1 aliphatic rings. The van der Waals surface area contributed by atoms with Gasteiger partial charge in [-0.25, -0.2) is 8.78 Å². The molecule has 0 spiro atoms. The number of carbonyl (C=O) groups is 1. The highest BCUT2D eigenvalue weighted by Crippen LogP contribution is 2.34. The molecule has 1 atom stereocenters. The Balaban J connectivity index is 2.00. The molecule has 0 saturated carbocycles. The summed E-state index contributed by atoms with van der Waals surface area (Å²) in [5.41, 5.74) is -0.410. The fraction of sp³-hybridized carbons (Fsp3) is 0.278. The van der Waals surface area contributed by atoms with Gasteiger partial charge >= 0.3 is 5.69 Å². The van der Waals surface area contributed by atoms with Gasteiger partial charge in [-0.1, -0.05) is 6.07 Å². The summed E-state index contributed by atoms with van der Waals surface area (Å²) in [5.74, 6) is -6.00. The van der Waals surface area contributed by atoms with Crippen LogP contribution in [0.3, 0.4) is 0 Å². The van der Waals surface area contributed by atoms with E-state index in [0.717, 1.165) is 11.1 Å². The van der Waals surface area contributed by atoms with Crippen LogP contribution in [-0.2, 0) is 6.42 Å². The Morgan fingerprint density at radius 2 is 1.93 bits per heavy atom. The van der Waals surface area contributed by atoms with Crippen LogP contribution in [0.1, 0.15) is 34.5 Å². The number of nitro benzene ring substituents is 1. The quantitative estimate of drug-likeness (QED) is 0.462. The van der Waals surface area contributed by atoms with Gasteiger partial charge in [-0.2, -0.15) is 4.39 Å². The SMILES string of the molecule is COc1ccc2c(c1)CCN(C(=O)c1cc([N+](=O)[O-])c(F)c(F)c1F)C2C. The van der Waals surface area contributed by atoms with Gasteiger partial charge in [0.25, 0.3) is 5.91 Å². The van der Waals surface area contributed by atoms with Crippen molar-refractivity contribution >= 4 is 11.6 Å². The van der Waals surface area contributed by atoms with Gasteiger partial charge in [0, 0.05) is 12.6 Å². The van der Waals surface area contributed by atoms with Crippen LogP contribution in [0.25, 0.3) is 0 Å². The first-order chi connectivity index (χ1) is 12.8. The number of hydrogen-bond donors (Lipinski definition) is 0. The van der Waals surface area contributed by atoms with Crippen molar-refractivity contribution < 1.29 is 27.6 Å². The van der Waals surface area contributed by atoms with E-state index in [1.54, 1.807) is 19.1 Å². The molecule has 1 aliphatic heterocycles. The third-order valence-corrected chi connectivity index (χ3v) is 4.71. The number of methoxy groups -OCH3 is 1. The molecular formula is C18H15F3N2O4. The molecule has 0 aliphatic carbocycles. The van der Waals surface area contributed by atoms with E-state index in [2.05, 4.69) is 0 Å². The molecule has 0 bridgehead atoms. The van der Waals surface area contributed by atoms with Crippen LogP contribution in [0.15, 0.2) is 24.3 Å². The number of halogens is 3. The van der Waals surface area contributed by atoms with E-state index < -0.39 is 45.6 Å². The van der Waals surface area contributed by atoms with Crippen LogP contribution < -0.4 is 4.74 Å². The van der Waals surface area contributed by atoms with Crippen LogP contribution in [0.2, 0.25) is 0 Å². The molecule has 1 amide bonds. The van der Waals surface area contributed by atoms with Gasteiger partial charge in [-0.3, -0.25) is 14.9 Å². The third kappa shape index (κ3) is 3.09. The summed E-state index contributed by atoms with van der Waals surface area (Å²) < 4.78 is 46.6. The fourth-order valence-corrected chi connectivity index (χ4v) is 3.25. The highest BCUT2D eigenvalue weighted by atomic mass is 19.2. The number of ether oxygens (including phenoxy) is 1. The van der Waals surface area contributed by atoms with Crippen LogP contribution in [0.5, 0.6) is 5.75 Å². The molecule has 0 radical (unpaired) electrons. The number of rotatable bonds is 3. The normalized spacial score (nSPS) is 16.0. The van der Waals surface area contributed by atoms with Gasteiger partial charge in [0.05, 0.1) is 23.6 Å². The molecule has 1 unspecified atom stereocenters. The number of nitro groups is 1. The first-order valence-corrected chi connectivity index (χ1v) is 8.06. The lowest BCUT2D eigenvalue weighted by Gasteiger charge is -2.35. The molecular weight excluding hydrogens is 365 g/mol. The maximum Gasteiger partial charge on any atom is 0.308 e. The summed E-state index contributed by atoms with van der Waals surface area (Å²) in [7, 11) is 1.53. The molecule has 6 nitrogen and oxygen atoms in total. The number of fused-ring (bicyclic) bond motifs is 1. The van der Waals surface area contributed by atoms with Crippen molar-refractivity contribution in [2.45, 2.75) is 19.4 Å². The van der Waals surface area contributed by atoms with E-state index in [4.69, 9.17) is 4.74 Å². The highest BCUT2D eigenvalue weighted by Gasteiger charge is 2.34. The standard InChI is InChI=1S/C18H15F3N2O4/c1-9-12-4-3-11(27-2)7-10(12)5-6-22(9)18(24)13-8-14(23(25)26)16(20)17(21)15(13)19/h3-4,7-9H,5-6H2,1-2H3. The van der Waals surface area contributed by atoms with Crippen molar-refractivity contribution in [1.82, 2.24) is 4.90 Å². The maximum atomic E-state index is 14.1. The summed E-state index contributed by atoms with van der Waals surface area (Å²) in [6.07, 6.45) is 0.440. The topological polar surface area (TPSA) is 72.7 Å². The zero-order valence-electron chi connectivity index (χ0n) is 14.5. The van der Waals surface area contributed by atoms with Crippen LogP contribution in [-0.4, -0.2) is 29.4 Å². The maximum absolute atomic E-state index is 14.1. The molecule has 2 aromatic rings. The van der Waals surface area contributed by atoms with E-state index in [9.17, 15) is 28.1 Å². The monoisotopic (exact) mass is 380 g/mol. The Bertz CT molecular complexity index is 949. The Morgan fingerprint density at radius 1 is 1.22 bits per heavy atom. The summed E-state index contributed by atoms with van der Waals surface area (Å²) in [6.45, 7) is 1.89. The van der Waals surface area contributed by atoms with Gasteiger partial charge in [0.1, 0.15) is 5.75 Å². The smallest absolute Gasteiger partial charge is 0.308 e. The molecule has 1 heterocycles. The second-order valence-corrected chi connectivity index (χ2v) is 6.13. The number of amides is 1. The van der Waals surface area contributed by atoms with Crippen molar-refractivity contribution in [2.24, 2.45) is 0 Å². The van der Waals surface area contributed by atoms with Gasteiger partial charge < -0.3 is 9.64 Å². The van der Waals surface area contributed by atoms with E-state index in [1.165, 1.54) is 12.0 Å².